The number of hydrazone groups is 1. The van der Waals surface area contributed by atoms with Gasteiger partial charge < -0.3 is 0 Å². The lowest BCUT2D eigenvalue weighted by atomic mass is 10.3. The maximum absolute atomic E-state index is 11.7. The standard InChI is InChI=1S/C12H13N3O8S/c1-7(13-14-9(16)2-3-10(14)17)4-5-23-15-11(18)6-8(12(15)19)24(20,21)22/h2-3,8H,4-6H2,1H3,(H,20,21,22). The summed E-state index contributed by atoms with van der Waals surface area (Å²) in [6, 6.07) is 0. The molecule has 2 rings (SSSR count). The van der Waals surface area contributed by atoms with Crippen LogP contribution in [0, 0.1) is 0 Å². The van der Waals surface area contributed by atoms with Gasteiger partial charge in [0.05, 0.1) is 13.0 Å². The summed E-state index contributed by atoms with van der Waals surface area (Å²) in [7, 11) is -4.69. The van der Waals surface area contributed by atoms with E-state index in [0.29, 0.717) is 10.7 Å². The highest BCUT2D eigenvalue weighted by molar-refractivity contribution is 7.87. The van der Waals surface area contributed by atoms with Crippen molar-refractivity contribution in [1.82, 2.24) is 10.1 Å². The number of rotatable bonds is 6. The van der Waals surface area contributed by atoms with Gasteiger partial charge in [-0.15, -0.1) is 0 Å². The lowest BCUT2D eigenvalue weighted by molar-refractivity contribution is -0.186. The van der Waals surface area contributed by atoms with E-state index in [4.69, 9.17) is 9.39 Å². The van der Waals surface area contributed by atoms with Crippen LogP contribution in [0.25, 0.3) is 0 Å². The van der Waals surface area contributed by atoms with Gasteiger partial charge in [-0.25, -0.2) is 0 Å². The maximum Gasteiger partial charge on any atom is 0.277 e. The van der Waals surface area contributed by atoms with Crippen LogP contribution in [0.15, 0.2) is 17.3 Å². The van der Waals surface area contributed by atoms with Gasteiger partial charge in [-0.2, -0.15) is 23.6 Å². The lowest BCUT2D eigenvalue weighted by Gasteiger charge is -2.14. The molecule has 1 fully saturated rings. The molecule has 2 aliphatic rings. The van der Waals surface area contributed by atoms with Gasteiger partial charge in [0.1, 0.15) is 0 Å². The average molecular weight is 359 g/mol. The number of nitrogens with zero attached hydrogens (tertiary/aromatic N) is 3. The highest BCUT2D eigenvalue weighted by Gasteiger charge is 2.47. The van der Waals surface area contributed by atoms with E-state index < -0.39 is 45.4 Å². The molecule has 1 N–H and O–H groups in total. The molecule has 130 valence electrons. The Morgan fingerprint density at radius 3 is 2.38 bits per heavy atom. The topological polar surface area (TPSA) is 151 Å². The first-order valence-electron chi connectivity index (χ1n) is 6.67. The van der Waals surface area contributed by atoms with Crippen molar-refractivity contribution in [3.8, 4) is 0 Å². The third-order valence-corrected chi connectivity index (χ3v) is 4.25. The number of amides is 4. The largest absolute Gasteiger partial charge is 0.285 e. The van der Waals surface area contributed by atoms with Crippen molar-refractivity contribution < 1.29 is 37.0 Å². The van der Waals surface area contributed by atoms with Crippen molar-refractivity contribution in [2.75, 3.05) is 6.61 Å². The molecule has 12 heteroatoms. The molecule has 4 amide bonds. The minimum Gasteiger partial charge on any atom is -0.285 e. The fourth-order valence-corrected chi connectivity index (χ4v) is 2.65. The van der Waals surface area contributed by atoms with Crippen molar-refractivity contribution in [2.24, 2.45) is 5.10 Å². The van der Waals surface area contributed by atoms with Crippen LogP contribution >= 0.6 is 0 Å². The summed E-state index contributed by atoms with van der Waals surface area (Å²) in [6.07, 6.45) is 1.48. The highest BCUT2D eigenvalue weighted by atomic mass is 32.2. The van der Waals surface area contributed by atoms with Crippen LogP contribution in [0.2, 0.25) is 0 Å². The van der Waals surface area contributed by atoms with Crippen LogP contribution in [-0.4, -0.2) is 64.2 Å². The number of carbonyl (C=O) groups is 4. The Kier molecular flexibility index (Phi) is 4.91. The Balaban J connectivity index is 1.90. The van der Waals surface area contributed by atoms with Gasteiger partial charge >= 0.3 is 0 Å². The van der Waals surface area contributed by atoms with Crippen LogP contribution in [0.1, 0.15) is 19.8 Å². The maximum atomic E-state index is 11.7. The molecule has 1 unspecified atom stereocenters. The van der Waals surface area contributed by atoms with Gasteiger partial charge in [-0.1, -0.05) is 0 Å². The fraction of sp³-hybridized carbons (Fsp3) is 0.417. The summed E-state index contributed by atoms with van der Waals surface area (Å²) in [6.45, 7) is 1.27. The minimum absolute atomic E-state index is 0.0602. The van der Waals surface area contributed by atoms with E-state index >= 15 is 0 Å². The number of hydrogen-bond donors (Lipinski definition) is 1. The van der Waals surface area contributed by atoms with Crippen molar-refractivity contribution in [3.05, 3.63) is 12.2 Å². The van der Waals surface area contributed by atoms with Gasteiger partial charge in [0, 0.05) is 24.3 Å². The van der Waals surface area contributed by atoms with E-state index in [0.717, 1.165) is 12.2 Å². The van der Waals surface area contributed by atoms with Crippen molar-refractivity contribution in [2.45, 2.75) is 25.0 Å². The first kappa shape index (κ1) is 17.9. The smallest absolute Gasteiger partial charge is 0.277 e. The Hall–Kier alpha value is -2.44. The van der Waals surface area contributed by atoms with Crippen LogP contribution in [0.3, 0.4) is 0 Å². The second-order valence-corrected chi connectivity index (χ2v) is 6.57. The summed E-state index contributed by atoms with van der Waals surface area (Å²) in [5.41, 5.74) is 0.311. The number of hydroxylamine groups is 2. The first-order valence-corrected chi connectivity index (χ1v) is 8.18. The zero-order valence-corrected chi connectivity index (χ0v) is 13.2. The minimum atomic E-state index is -4.69. The van der Waals surface area contributed by atoms with Crippen LogP contribution in [0.5, 0.6) is 0 Å². The molecule has 0 aliphatic carbocycles. The summed E-state index contributed by atoms with van der Waals surface area (Å²) in [5, 5.41) is 2.83. The Morgan fingerprint density at radius 1 is 1.29 bits per heavy atom. The van der Waals surface area contributed by atoms with Gasteiger partial charge in [0.25, 0.3) is 33.7 Å². The molecular weight excluding hydrogens is 346 g/mol. The summed E-state index contributed by atoms with van der Waals surface area (Å²) >= 11 is 0. The van der Waals surface area contributed by atoms with Crippen molar-refractivity contribution >= 4 is 39.5 Å². The van der Waals surface area contributed by atoms with E-state index in [9.17, 15) is 27.6 Å². The van der Waals surface area contributed by atoms with E-state index in [1.165, 1.54) is 6.92 Å². The van der Waals surface area contributed by atoms with E-state index in [1.807, 2.05) is 0 Å². The van der Waals surface area contributed by atoms with Crippen LogP contribution in [-0.2, 0) is 34.1 Å². The molecule has 0 aromatic carbocycles. The zero-order valence-electron chi connectivity index (χ0n) is 12.4. The number of carbonyl (C=O) groups excluding carboxylic acids is 4. The Morgan fingerprint density at radius 2 is 1.88 bits per heavy atom. The average Bonchev–Trinajstić information content (AvgIpc) is 2.94. The molecule has 24 heavy (non-hydrogen) atoms. The molecule has 0 radical (unpaired) electrons. The quantitative estimate of drug-likeness (QED) is 0.346. The normalized spacial score (nSPS) is 22.2. The van der Waals surface area contributed by atoms with Crippen molar-refractivity contribution in [3.63, 3.8) is 0 Å². The second-order valence-electron chi connectivity index (χ2n) is 4.97. The molecular formula is C12H13N3O8S. The molecule has 0 bridgehead atoms. The van der Waals surface area contributed by atoms with Gasteiger partial charge in [0.2, 0.25) is 0 Å². The molecule has 1 atom stereocenters. The van der Waals surface area contributed by atoms with Gasteiger partial charge in [-0.3, -0.25) is 28.6 Å². The van der Waals surface area contributed by atoms with E-state index in [2.05, 4.69) is 5.10 Å². The third-order valence-electron chi connectivity index (χ3n) is 3.16. The SMILES string of the molecule is CC(CCON1C(=O)CC(S(=O)(=O)O)C1=O)=NN1C(=O)C=CC1=O. The molecule has 2 heterocycles. The molecule has 2 aliphatic heterocycles. The van der Waals surface area contributed by atoms with Gasteiger partial charge in [-0.05, 0) is 6.92 Å². The third kappa shape index (κ3) is 3.72. The molecule has 0 aromatic heterocycles. The molecule has 0 saturated carbocycles. The highest BCUT2D eigenvalue weighted by Crippen LogP contribution is 2.19. The van der Waals surface area contributed by atoms with Crippen LogP contribution < -0.4 is 0 Å². The predicted octanol–water partition coefficient (Wildman–Crippen LogP) is -1.38. The van der Waals surface area contributed by atoms with Crippen molar-refractivity contribution in [1.29, 1.82) is 0 Å². The fourth-order valence-electron chi connectivity index (χ4n) is 1.95. The molecule has 1 saturated heterocycles. The molecule has 11 nitrogen and oxygen atoms in total. The number of imide groups is 2. The van der Waals surface area contributed by atoms with E-state index in [-0.39, 0.29) is 18.1 Å². The molecule has 0 aromatic rings. The monoisotopic (exact) mass is 359 g/mol. The number of hydrogen-bond acceptors (Lipinski definition) is 8. The summed E-state index contributed by atoms with van der Waals surface area (Å²) in [5.74, 6) is -3.26. The Bertz CT molecular complexity index is 751. The summed E-state index contributed by atoms with van der Waals surface area (Å²) in [4.78, 5) is 50.8. The van der Waals surface area contributed by atoms with E-state index in [1.54, 1.807) is 0 Å². The molecule has 0 spiro atoms. The predicted molar refractivity (Wildman–Crippen MR) is 76.5 cm³/mol. The van der Waals surface area contributed by atoms with Gasteiger partial charge in [0.15, 0.2) is 5.25 Å². The second kappa shape index (κ2) is 6.59. The van der Waals surface area contributed by atoms with Crippen LogP contribution in [0.4, 0.5) is 0 Å². The summed E-state index contributed by atoms with van der Waals surface area (Å²) < 4.78 is 30.8. The first-order chi connectivity index (χ1) is 11.1. The Labute approximate surface area is 136 Å². The zero-order chi connectivity index (χ0) is 18.1. The lowest BCUT2D eigenvalue weighted by Crippen LogP contribution is -2.35.